The van der Waals surface area contributed by atoms with Crippen LogP contribution in [0.5, 0.6) is 11.5 Å². The molecule has 0 heterocycles. The molecule has 2 aromatic carbocycles. The van der Waals surface area contributed by atoms with Crippen molar-refractivity contribution in [3.05, 3.63) is 66.2 Å². The third-order valence-corrected chi connectivity index (χ3v) is 2.52. The summed E-state index contributed by atoms with van der Waals surface area (Å²) in [5.41, 5.74) is 1.13. The van der Waals surface area contributed by atoms with Crippen LogP contribution in [0.15, 0.2) is 60.7 Å². The number of ether oxygens (including phenoxy) is 2. The van der Waals surface area contributed by atoms with Gasteiger partial charge in [-0.05, 0) is 35.9 Å². The second-order valence-electron chi connectivity index (χ2n) is 3.80. The van der Waals surface area contributed by atoms with Crippen LogP contribution in [-0.2, 0) is 0 Å². The van der Waals surface area contributed by atoms with Crippen molar-refractivity contribution in [2.45, 2.75) is 0 Å². The molecular weight excluding hydrogens is 224 g/mol. The van der Waals surface area contributed by atoms with Gasteiger partial charge >= 0.3 is 0 Å². The lowest BCUT2D eigenvalue weighted by atomic mass is 10.2. The van der Waals surface area contributed by atoms with E-state index in [1.165, 1.54) is 0 Å². The Hall–Kier alpha value is -2.22. The summed E-state index contributed by atoms with van der Waals surface area (Å²) < 4.78 is 10.7. The zero-order chi connectivity index (χ0) is 12.6. The first-order valence-corrected chi connectivity index (χ1v) is 5.87. The average molecular weight is 240 g/mol. The van der Waals surface area contributed by atoms with Gasteiger partial charge in [0.1, 0.15) is 18.1 Å². The van der Waals surface area contributed by atoms with Gasteiger partial charge < -0.3 is 9.47 Å². The molecule has 0 aliphatic heterocycles. The molecule has 2 rings (SSSR count). The maximum absolute atomic E-state index is 5.56. The van der Waals surface area contributed by atoms with E-state index < -0.39 is 0 Å². The van der Waals surface area contributed by atoms with E-state index in [1.807, 2.05) is 66.7 Å². The lowest BCUT2D eigenvalue weighted by Crippen LogP contribution is -1.92. The first-order valence-electron chi connectivity index (χ1n) is 5.87. The average Bonchev–Trinajstić information content (AvgIpc) is 2.45. The number of hydrogen-bond donors (Lipinski definition) is 0. The van der Waals surface area contributed by atoms with E-state index in [1.54, 1.807) is 7.11 Å². The summed E-state index contributed by atoms with van der Waals surface area (Å²) in [6.07, 6.45) is 4.02. The van der Waals surface area contributed by atoms with Crippen molar-refractivity contribution in [3.8, 4) is 11.5 Å². The fourth-order valence-electron chi connectivity index (χ4n) is 1.56. The minimum atomic E-state index is 0.566. The van der Waals surface area contributed by atoms with Crippen molar-refractivity contribution in [3.63, 3.8) is 0 Å². The minimum Gasteiger partial charge on any atom is -0.497 e. The molecular formula is C16H16O2. The van der Waals surface area contributed by atoms with Gasteiger partial charge in [0.25, 0.3) is 0 Å². The summed E-state index contributed by atoms with van der Waals surface area (Å²) in [5, 5.41) is 0. The topological polar surface area (TPSA) is 18.5 Å². The number of hydrogen-bond acceptors (Lipinski definition) is 2. The summed E-state index contributed by atoms with van der Waals surface area (Å²) in [4.78, 5) is 0. The van der Waals surface area contributed by atoms with E-state index in [4.69, 9.17) is 9.47 Å². The first kappa shape index (κ1) is 12.2. The molecule has 0 bridgehead atoms. The highest BCUT2D eigenvalue weighted by Crippen LogP contribution is 2.12. The Morgan fingerprint density at radius 2 is 1.61 bits per heavy atom. The maximum Gasteiger partial charge on any atom is 0.119 e. The summed E-state index contributed by atoms with van der Waals surface area (Å²) in [6, 6.07) is 17.7. The molecule has 0 aromatic heterocycles. The predicted molar refractivity (Wildman–Crippen MR) is 74.0 cm³/mol. The van der Waals surface area contributed by atoms with E-state index >= 15 is 0 Å². The maximum atomic E-state index is 5.56. The molecule has 0 radical (unpaired) electrons. The lowest BCUT2D eigenvalue weighted by molar-refractivity contribution is 0.363. The van der Waals surface area contributed by atoms with Gasteiger partial charge in [0.15, 0.2) is 0 Å². The fraction of sp³-hybridized carbons (Fsp3) is 0.125. The quantitative estimate of drug-likeness (QED) is 0.791. The van der Waals surface area contributed by atoms with Gasteiger partial charge in [0.2, 0.25) is 0 Å². The van der Waals surface area contributed by atoms with Gasteiger partial charge in [-0.2, -0.15) is 0 Å². The molecule has 18 heavy (non-hydrogen) atoms. The van der Waals surface area contributed by atoms with Gasteiger partial charge in [-0.1, -0.05) is 36.4 Å². The number of methoxy groups -OCH3 is 1. The fourth-order valence-corrected chi connectivity index (χ4v) is 1.56. The molecule has 0 unspecified atom stereocenters. The van der Waals surface area contributed by atoms with Gasteiger partial charge in [-0.3, -0.25) is 0 Å². The molecule has 0 saturated heterocycles. The van der Waals surface area contributed by atoms with Crippen molar-refractivity contribution in [1.82, 2.24) is 0 Å². The minimum absolute atomic E-state index is 0.566. The molecule has 0 saturated carbocycles. The molecule has 0 N–H and O–H groups in total. The Bertz CT molecular complexity index is 486. The van der Waals surface area contributed by atoms with Crippen LogP contribution in [-0.4, -0.2) is 13.7 Å². The summed E-state index contributed by atoms with van der Waals surface area (Å²) in [5.74, 6) is 1.75. The lowest BCUT2D eigenvalue weighted by Gasteiger charge is -2.02. The van der Waals surface area contributed by atoms with E-state index in [2.05, 4.69) is 0 Å². The first-order chi connectivity index (χ1) is 8.88. The SMILES string of the molecule is COc1ccc(/C=C/COc2ccccc2)cc1. The third-order valence-electron chi connectivity index (χ3n) is 2.52. The van der Waals surface area contributed by atoms with E-state index in [0.29, 0.717) is 6.61 Å². The van der Waals surface area contributed by atoms with Crippen LogP contribution in [0, 0.1) is 0 Å². The summed E-state index contributed by atoms with van der Waals surface area (Å²) >= 11 is 0. The number of benzene rings is 2. The Labute approximate surface area is 107 Å². The van der Waals surface area contributed by atoms with E-state index in [0.717, 1.165) is 17.1 Å². The largest absolute Gasteiger partial charge is 0.497 e. The van der Waals surface area contributed by atoms with Gasteiger partial charge in [0.05, 0.1) is 7.11 Å². The molecule has 0 aliphatic carbocycles. The molecule has 0 spiro atoms. The van der Waals surface area contributed by atoms with Crippen LogP contribution >= 0.6 is 0 Å². The molecule has 0 aliphatic rings. The standard InChI is InChI=1S/C16H16O2/c1-17-15-11-9-14(10-12-15)6-5-13-18-16-7-3-2-4-8-16/h2-12H,13H2,1H3/b6-5+. The second kappa shape index (κ2) is 6.50. The predicted octanol–water partition coefficient (Wildman–Crippen LogP) is 3.79. The third kappa shape index (κ3) is 3.67. The Kier molecular flexibility index (Phi) is 4.42. The zero-order valence-corrected chi connectivity index (χ0v) is 10.4. The number of para-hydroxylation sites is 1. The Morgan fingerprint density at radius 3 is 2.28 bits per heavy atom. The molecule has 0 atom stereocenters. The smallest absolute Gasteiger partial charge is 0.119 e. The summed E-state index contributed by atoms with van der Waals surface area (Å²) in [6.45, 7) is 0.566. The summed E-state index contributed by atoms with van der Waals surface area (Å²) in [7, 11) is 1.67. The normalized spacial score (nSPS) is 10.5. The van der Waals surface area contributed by atoms with Crippen molar-refractivity contribution in [2.75, 3.05) is 13.7 Å². The number of rotatable bonds is 5. The van der Waals surface area contributed by atoms with Crippen LogP contribution < -0.4 is 9.47 Å². The molecule has 2 nitrogen and oxygen atoms in total. The van der Waals surface area contributed by atoms with E-state index in [-0.39, 0.29) is 0 Å². The monoisotopic (exact) mass is 240 g/mol. The van der Waals surface area contributed by atoms with Crippen LogP contribution in [0.25, 0.3) is 6.08 Å². The molecule has 92 valence electrons. The van der Waals surface area contributed by atoms with Crippen molar-refractivity contribution in [1.29, 1.82) is 0 Å². The molecule has 2 aromatic rings. The highest BCUT2D eigenvalue weighted by molar-refractivity contribution is 5.50. The molecule has 2 heteroatoms. The second-order valence-corrected chi connectivity index (χ2v) is 3.80. The highest BCUT2D eigenvalue weighted by atomic mass is 16.5. The van der Waals surface area contributed by atoms with Gasteiger partial charge in [-0.15, -0.1) is 0 Å². The zero-order valence-electron chi connectivity index (χ0n) is 10.4. The molecule has 0 amide bonds. The van der Waals surface area contributed by atoms with Gasteiger partial charge in [0, 0.05) is 0 Å². The Balaban J connectivity index is 1.84. The van der Waals surface area contributed by atoms with Crippen LogP contribution in [0.4, 0.5) is 0 Å². The van der Waals surface area contributed by atoms with Crippen LogP contribution in [0.1, 0.15) is 5.56 Å². The Morgan fingerprint density at radius 1 is 0.889 bits per heavy atom. The van der Waals surface area contributed by atoms with Gasteiger partial charge in [-0.25, -0.2) is 0 Å². The van der Waals surface area contributed by atoms with Crippen molar-refractivity contribution >= 4 is 6.08 Å². The van der Waals surface area contributed by atoms with Crippen LogP contribution in [0.3, 0.4) is 0 Å². The van der Waals surface area contributed by atoms with Crippen molar-refractivity contribution < 1.29 is 9.47 Å². The van der Waals surface area contributed by atoms with Crippen LogP contribution in [0.2, 0.25) is 0 Å². The van der Waals surface area contributed by atoms with Crippen molar-refractivity contribution in [2.24, 2.45) is 0 Å². The highest BCUT2D eigenvalue weighted by Gasteiger charge is 1.90. The molecule has 0 fully saturated rings. The van der Waals surface area contributed by atoms with E-state index in [9.17, 15) is 0 Å².